The van der Waals surface area contributed by atoms with Gasteiger partial charge in [0.1, 0.15) is 0 Å². The van der Waals surface area contributed by atoms with Gasteiger partial charge in [-0.05, 0) is 69.8 Å². The topological polar surface area (TPSA) is 0 Å². The Morgan fingerprint density at radius 2 is 1.28 bits per heavy atom. The van der Waals surface area contributed by atoms with Crippen molar-refractivity contribution in [2.24, 2.45) is 0 Å². The van der Waals surface area contributed by atoms with E-state index in [-0.39, 0.29) is 5.41 Å². The van der Waals surface area contributed by atoms with Crippen molar-refractivity contribution in [3.05, 3.63) is 107 Å². The Bertz CT molecular complexity index is 1110. The zero-order valence-corrected chi connectivity index (χ0v) is 14.7. The van der Waals surface area contributed by atoms with Crippen LogP contribution in [0.1, 0.15) is 23.6 Å². The molecule has 1 aliphatic rings. The van der Waals surface area contributed by atoms with Gasteiger partial charge in [0.2, 0.25) is 0 Å². The van der Waals surface area contributed by atoms with Gasteiger partial charge in [-0.2, -0.15) is 0 Å². The summed E-state index contributed by atoms with van der Waals surface area (Å²) in [7, 11) is 0. The minimum atomic E-state index is -0.194. The lowest BCUT2D eigenvalue weighted by molar-refractivity contribution is 0.715. The third kappa shape index (κ3) is 2.01. The third-order valence-electron chi connectivity index (χ3n) is 5.59. The van der Waals surface area contributed by atoms with Gasteiger partial charge in [-0.1, -0.05) is 72.3 Å². The fourth-order valence-corrected chi connectivity index (χ4v) is 4.44. The van der Waals surface area contributed by atoms with Gasteiger partial charge in [0.25, 0.3) is 0 Å². The Labute approximate surface area is 152 Å². The van der Waals surface area contributed by atoms with Crippen molar-refractivity contribution in [1.29, 1.82) is 0 Å². The van der Waals surface area contributed by atoms with Crippen LogP contribution >= 0.6 is 11.6 Å². The highest BCUT2D eigenvalue weighted by molar-refractivity contribution is 6.30. The lowest BCUT2D eigenvalue weighted by Crippen LogP contribution is -2.22. The molecule has 1 aliphatic carbocycles. The summed E-state index contributed by atoms with van der Waals surface area (Å²) in [5.41, 5.74) is 6.35. The fourth-order valence-electron chi connectivity index (χ4n) is 4.27. The molecule has 0 saturated carbocycles. The molecule has 1 atom stereocenters. The summed E-state index contributed by atoms with van der Waals surface area (Å²) in [6.07, 6.45) is 0. The molecule has 1 unspecified atom stereocenters. The van der Waals surface area contributed by atoms with E-state index in [1.54, 1.807) is 0 Å². The fraction of sp³-hybridized carbons (Fsp3) is 0.0833. The predicted octanol–water partition coefficient (Wildman–Crippen LogP) is 6.83. The normalized spacial score (nSPS) is 18.2. The van der Waals surface area contributed by atoms with Crippen molar-refractivity contribution in [3.63, 3.8) is 0 Å². The minimum Gasteiger partial charge on any atom is -0.0843 e. The summed E-state index contributed by atoms with van der Waals surface area (Å²) in [5, 5.41) is 3.35. The molecule has 0 fully saturated rings. The van der Waals surface area contributed by atoms with Crippen LogP contribution in [-0.2, 0) is 5.41 Å². The first kappa shape index (κ1) is 14.7. The Morgan fingerprint density at radius 3 is 2.04 bits per heavy atom. The van der Waals surface area contributed by atoms with Crippen LogP contribution in [0.15, 0.2) is 84.9 Å². The van der Waals surface area contributed by atoms with Gasteiger partial charge in [-0.15, -0.1) is 0 Å². The maximum Gasteiger partial charge on any atom is 0.0436 e. The molecule has 25 heavy (non-hydrogen) atoms. The second kappa shape index (κ2) is 5.21. The average molecular weight is 341 g/mol. The van der Waals surface area contributed by atoms with E-state index in [9.17, 15) is 0 Å². The summed E-state index contributed by atoms with van der Waals surface area (Å²) in [5.74, 6) is 0. The lowest BCUT2D eigenvalue weighted by atomic mass is 9.74. The van der Waals surface area contributed by atoms with Gasteiger partial charge in [0.05, 0.1) is 0 Å². The molecule has 4 aromatic carbocycles. The van der Waals surface area contributed by atoms with Crippen LogP contribution in [0.2, 0.25) is 5.02 Å². The molecule has 0 spiro atoms. The minimum absolute atomic E-state index is 0.194. The molecule has 0 heterocycles. The van der Waals surface area contributed by atoms with Crippen LogP contribution in [0.5, 0.6) is 0 Å². The van der Waals surface area contributed by atoms with E-state index in [0.717, 1.165) is 5.02 Å². The molecule has 0 amide bonds. The molecule has 0 nitrogen and oxygen atoms in total. The SMILES string of the molecule is CC1(c2ccccc2)c2cc(Cl)ccc2-c2cc3ccccc3cc21. The second-order valence-electron chi connectivity index (χ2n) is 6.93. The summed E-state index contributed by atoms with van der Waals surface area (Å²) in [4.78, 5) is 0. The van der Waals surface area contributed by atoms with Crippen LogP contribution in [0.3, 0.4) is 0 Å². The molecule has 0 radical (unpaired) electrons. The number of hydrogen-bond donors (Lipinski definition) is 0. The van der Waals surface area contributed by atoms with Crippen molar-refractivity contribution in [2.75, 3.05) is 0 Å². The molecule has 0 saturated heterocycles. The van der Waals surface area contributed by atoms with E-state index in [1.807, 2.05) is 6.07 Å². The number of hydrogen-bond acceptors (Lipinski definition) is 0. The number of fused-ring (bicyclic) bond motifs is 4. The van der Waals surface area contributed by atoms with E-state index in [4.69, 9.17) is 11.6 Å². The summed E-state index contributed by atoms with van der Waals surface area (Å²) in [6.45, 7) is 2.32. The number of benzene rings is 4. The van der Waals surface area contributed by atoms with Gasteiger partial charge < -0.3 is 0 Å². The highest BCUT2D eigenvalue weighted by atomic mass is 35.5. The molecule has 0 bridgehead atoms. The Morgan fingerprint density at radius 1 is 0.640 bits per heavy atom. The van der Waals surface area contributed by atoms with E-state index in [0.29, 0.717) is 0 Å². The molecule has 0 aromatic heterocycles. The van der Waals surface area contributed by atoms with Crippen molar-refractivity contribution in [1.82, 2.24) is 0 Å². The second-order valence-corrected chi connectivity index (χ2v) is 7.36. The lowest BCUT2D eigenvalue weighted by Gasteiger charge is -2.28. The third-order valence-corrected chi connectivity index (χ3v) is 5.82. The molecule has 1 heteroatoms. The number of rotatable bonds is 1. The quantitative estimate of drug-likeness (QED) is 0.356. The van der Waals surface area contributed by atoms with Gasteiger partial charge in [-0.25, -0.2) is 0 Å². The molecular formula is C24H17Cl. The Balaban J connectivity index is 1.92. The van der Waals surface area contributed by atoms with Crippen molar-refractivity contribution in [2.45, 2.75) is 12.3 Å². The molecule has 4 aromatic rings. The summed E-state index contributed by atoms with van der Waals surface area (Å²) in [6, 6.07) is 30.3. The molecule has 120 valence electrons. The van der Waals surface area contributed by atoms with Crippen molar-refractivity contribution < 1.29 is 0 Å². The van der Waals surface area contributed by atoms with E-state index in [1.165, 1.54) is 38.6 Å². The van der Waals surface area contributed by atoms with E-state index >= 15 is 0 Å². The smallest absolute Gasteiger partial charge is 0.0436 e. The van der Waals surface area contributed by atoms with Gasteiger partial charge >= 0.3 is 0 Å². The highest BCUT2D eigenvalue weighted by Gasteiger charge is 2.40. The largest absolute Gasteiger partial charge is 0.0843 e. The predicted molar refractivity (Wildman–Crippen MR) is 106 cm³/mol. The first-order valence-electron chi connectivity index (χ1n) is 8.57. The van der Waals surface area contributed by atoms with Crippen LogP contribution in [-0.4, -0.2) is 0 Å². The number of halogens is 1. The molecular weight excluding hydrogens is 324 g/mol. The monoisotopic (exact) mass is 340 g/mol. The Kier molecular flexibility index (Phi) is 3.07. The van der Waals surface area contributed by atoms with Gasteiger partial charge in [0, 0.05) is 10.4 Å². The van der Waals surface area contributed by atoms with Gasteiger partial charge in [-0.3, -0.25) is 0 Å². The van der Waals surface area contributed by atoms with Crippen LogP contribution in [0.25, 0.3) is 21.9 Å². The summed E-state index contributed by atoms with van der Waals surface area (Å²) < 4.78 is 0. The average Bonchev–Trinajstić information content (AvgIpc) is 2.90. The summed E-state index contributed by atoms with van der Waals surface area (Å²) >= 11 is 6.39. The maximum absolute atomic E-state index is 6.39. The zero-order chi connectivity index (χ0) is 17.0. The van der Waals surface area contributed by atoms with Crippen LogP contribution in [0, 0.1) is 0 Å². The first-order valence-corrected chi connectivity index (χ1v) is 8.95. The van der Waals surface area contributed by atoms with Gasteiger partial charge in [0.15, 0.2) is 0 Å². The van der Waals surface area contributed by atoms with E-state index in [2.05, 4.69) is 85.8 Å². The highest BCUT2D eigenvalue weighted by Crippen LogP contribution is 2.53. The maximum atomic E-state index is 6.39. The standard InChI is InChI=1S/C24H17Cl/c1-24(18-9-3-2-4-10-18)22-14-17-8-6-5-7-16(17)13-21(22)20-12-11-19(25)15-23(20)24/h2-15H,1H3. The Hall–Kier alpha value is -2.57. The van der Waals surface area contributed by atoms with Crippen LogP contribution < -0.4 is 0 Å². The first-order chi connectivity index (χ1) is 12.2. The molecule has 0 N–H and O–H groups in total. The van der Waals surface area contributed by atoms with Crippen LogP contribution in [0.4, 0.5) is 0 Å². The molecule has 5 rings (SSSR count). The van der Waals surface area contributed by atoms with Crippen molar-refractivity contribution >= 4 is 22.4 Å². The molecule has 0 aliphatic heterocycles. The van der Waals surface area contributed by atoms with Crippen molar-refractivity contribution in [3.8, 4) is 11.1 Å². The van der Waals surface area contributed by atoms with E-state index < -0.39 is 0 Å². The zero-order valence-electron chi connectivity index (χ0n) is 14.0.